The van der Waals surface area contributed by atoms with Gasteiger partial charge in [-0.05, 0) is 12.5 Å². The minimum atomic E-state index is -0.0847. The molecular weight excluding hydrogens is 180 g/mol. The second kappa shape index (κ2) is 4.60. The third-order valence-electron chi connectivity index (χ3n) is 1.85. The van der Waals surface area contributed by atoms with Crippen molar-refractivity contribution >= 4 is 11.6 Å². The van der Waals surface area contributed by atoms with E-state index in [9.17, 15) is 9.59 Å². The van der Waals surface area contributed by atoms with Gasteiger partial charge in [-0.3, -0.25) is 9.59 Å². The summed E-state index contributed by atoms with van der Waals surface area (Å²) in [6.45, 7) is 1.94. The summed E-state index contributed by atoms with van der Waals surface area (Å²) in [4.78, 5) is 22.2. The number of nitrogens with one attached hydrogen (secondary N) is 1. The van der Waals surface area contributed by atoms with Crippen LogP contribution in [0.3, 0.4) is 0 Å². The molecule has 1 aromatic rings. The predicted molar refractivity (Wildman–Crippen MR) is 55.2 cm³/mol. The molecule has 14 heavy (non-hydrogen) atoms. The van der Waals surface area contributed by atoms with Crippen LogP contribution in [0, 0.1) is 0 Å². The van der Waals surface area contributed by atoms with E-state index in [1.165, 1.54) is 10.6 Å². The van der Waals surface area contributed by atoms with Gasteiger partial charge in [0, 0.05) is 25.7 Å². The van der Waals surface area contributed by atoms with Crippen molar-refractivity contribution in [2.24, 2.45) is 7.05 Å². The largest absolute Gasteiger partial charge is 0.325 e. The minimum absolute atomic E-state index is 0.0221. The number of aryl methyl sites for hydroxylation is 1. The van der Waals surface area contributed by atoms with Crippen LogP contribution < -0.4 is 10.9 Å². The number of hydrogen-bond acceptors (Lipinski definition) is 2. The van der Waals surface area contributed by atoms with E-state index in [1.807, 2.05) is 6.92 Å². The molecule has 0 atom stereocenters. The molecule has 1 heterocycles. The van der Waals surface area contributed by atoms with E-state index in [2.05, 4.69) is 5.32 Å². The normalized spacial score (nSPS) is 9.86. The number of nitrogens with zero attached hydrogens (tertiary/aromatic N) is 1. The Morgan fingerprint density at radius 3 is 2.79 bits per heavy atom. The summed E-state index contributed by atoms with van der Waals surface area (Å²) in [7, 11) is 1.65. The molecule has 0 unspecified atom stereocenters. The van der Waals surface area contributed by atoms with Crippen molar-refractivity contribution in [1.29, 1.82) is 0 Å². The van der Waals surface area contributed by atoms with Crippen molar-refractivity contribution in [3.63, 3.8) is 0 Å². The Kier molecular flexibility index (Phi) is 3.45. The lowest BCUT2D eigenvalue weighted by Crippen LogP contribution is -2.17. The second-order valence-corrected chi connectivity index (χ2v) is 3.17. The van der Waals surface area contributed by atoms with E-state index in [4.69, 9.17) is 0 Å². The lowest BCUT2D eigenvalue weighted by atomic mass is 10.3. The first-order chi connectivity index (χ1) is 6.63. The number of pyridine rings is 1. The molecule has 0 aliphatic rings. The van der Waals surface area contributed by atoms with E-state index >= 15 is 0 Å². The van der Waals surface area contributed by atoms with Crippen molar-refractivity contribution in [2.75, 3.05) is 5.32 Å². The lowest BCUT2D eigenvalue weighted by molar-refractivity contribution is -0.116. The van der Waals surface area contributed by atoms with Crippen LogP contribution >= 0.6 is 0 Å². The SMILES string of the molecule is CCCC(=O)Nc1ccc(=O)n(C)c1. The molecule has 0 aliphatic carbocycles. The van der Waals surface area contributed by atoms with Crippen LogP contribution in [0.5, 0.6) is 0 Å². The smallest absolute Gasteiger partial charge is 0.250 e. The highest BCUT2D eigenvalue weighted by atomic mass is 16.1. The van der Waals surface area contributed by atoms with Gasteiger partial charge >= 0.3 is 0 Å². The van der Waals surface area contributed by atoms with Crippen molar-refractivity contribution < 1.29 is 4.79 Å². The number of aromatic nitrogens is 1. The van der Waals surface area contributed by atoms with Crippen molar-refractivity contribution in [3.8, 4) is 0 Å². The van der Waals surface area contributed by atoms with Crippen LogP contribution in [0.15, 0.2) is 23.1 Å². The molecule has 0 aliphatic heterocycles. The van der Waals surface area contributed by atoms with Gasteiger partial charge in [-0.25, -0.2) is 0 Å². The number of carbonyl (C=O) groups excluding carboxylic acids is 1. The Hall–Kier alpha value is -1.58. The van der Waals surface area contributed by atoms with Crippen LogP contribution in [0.4, 0.5) is 5.69 Å². The molecule has 0 saturated heterocycles. The first-order valence-corrected chi connectivity index (χ1v) is 4.60. The fourth-order valence-corrected chi connectivity index (χ4v) is 1.12. The van der Waals surface area contributed by atoms with Gasteiger partial charge < -0.3 is 9.88 Å². The fraction of sp³-hybridized carbons (Fsp3) is 0.400. The van der Waals surface area contributed by atoms with Gasteiger partial charge in [0.1, 0.15) is 0 Å². The molecule has 4 heteroatoms. The summed E-state index contributed by atoms with van der Waals surface area (Å²) < 4.78 is 1.43. The Balaban J connectivity index is 2.73. The van der Waals surface area contributed by atoms with Gasteiger partial charge in [-0.1, -0.05) is 6.92 Å². The summed E-state index contributed by atoms with van der Waals surface area (Å²) in [5, 5.41) is 2.71. The molecular formula is C10H14N2O2. The topological polar surface area (TPSA) is 51.1 Å². The molecule has 76 valence electrons. The minimum Gasteiger partial charge on any atom is -0.325 e. The monoisotopic (exact) mass is 194 g/mol. The quantitative estimate of drug-likeness (QED) is 0.784. The Morgan fingerprint density at radius 1 is 1.50 bits per heavy atom. The molecule has 0 spiro atoms. The lowest BCUT2D eigenvalue weighted by Gasteiger charge is -2.05. The molecule has 4 nitrogen and oxygen atoms in total. The highest BCUT2D eigenvalue weighted by Crippen LogP contribution is 2.03. The Bertz CT molecular complexity index is 382. The van der Waals surface area contributed by atoms with Crippen molar-refractivity contribution in [1.82, 2.24) is 4.57 Å². The number of hydrogen-bond donors (Lipinski definition) is 1. The van der Waals surface area contributed by atoms with Crippen molar-refractivity contribution in [3.05, 3.63) is 28.7 Å². The average Bonchev–Trinajstić information content (AvgIpc) is 2.12. The third-order valence-corrected chi connectivity index (χ3v) is 1.85. The maximum Gasteiger partial charge on any atom is 0.250 e. The van der Waals surface area contributed by atoms with Crippen LogP contribution in [0.1, 0.15) is 19.8 Å². The van der Waals surface area contributed by atoms with E-state index in [-0.39, 0.29) is 11.5 Å². The van der Waals surface area contributed by atoms with Crippen LogP contribution in [-0.2, 0) is 11.8 Å². The van der Waals surface area contributed by atoms with E-state index < -0.39 is 0 Å². The van der Waals surface area contributed by atoms with E-state index in [0.717, 1.165) is 6.42 Å². The van der Waals surface area contributed by atoms with E-state index in [1.54, 1.807) is 19.3 Å². The molecule has 1 rings (SSSR count). The van der Waals surface area contributed by atoms with Crippen LogP contribution in [-0.4, -0.2) is 10.5 Å². The van der Waals surface area contributed by atoms with Gasteiger partial charge in [0.2, 0.25) is 11.5 Å². The van der Waals surface area contributed by atoms with Gasteiger partial charge in [0.15, 0.2) is 0 Å². The molecule has 0 fully saturated rings. The van der Waals surface area contributed by atoms with Gasteiger partial charge in [0.05, 0.1) is 5.69 Å². The molecule has 1 aromatic heterocycles. The number of carbonyl (C=O) groups is 1. The maximum absolute atomic E-state index is 11.2. The summed E-state index contributed by atoms with van der Waals surface area (Å²) in [5.74, 6) is -0.0221. The number of amides is 1. The van der Waals surface area contributed by atoms with Gasteiger partial charge in [-0.2, -0.15) is 0 Å². The summed E-state index contributed by atoms with van der Waals surface area (Å²) in [6.07, 6.45) is 2.93. The molecule has 0 bridgehead atoms. The molecule has 0 aromatic carbocycles. The molecule has 1 amide bonds. The summed E-state index contributed by atoms with van der Waals surface area (Å²) >= 11 is 0. The highest BCUT2D eigenvalue weighted by Gasteiger charge is 2.00. The van der Waals surface area contributed by atoms with Crippen LogP contribution in [0.25, 0.3) is 0 Å². The summed E-state index contributed by atoms with van der Waals surface area (Å²) in [6, 6.07) is 3.04. The fourth-order valence-electron chi connectivity index (χ4n) is 1.12. The predicted octanol–water partition coefficient (Wildman–Crippen LogP) is 1.12. The van der Waals surface area contributed by atoms with Gasteiger partial charge in [0.25, 0.3) is 0 Å². The van der Waals surface area contributed by atoms with Gasteiger partial charge in [-0.15, -0.1) is 0 Å². The number of rotatable bonds is 3. The first kappa shape index (κ1) is 10.5. The van der Waals surface area contributed by atoms with Crippen LogP contribution in [0.2, 0.25) is 0 Å². The third kappa shape index (κ3) is 2.73. The first-order valence-electron chi connectivity index (χ1n) is 4.60. The highest BCUT2D eigenvalue weighted by molar-refractivity contribution is 5.90. The second-order valence-electron chi connectivity index (χ2n) is 3.17. The average molecular weight is 194 g/mol. The Morgan fingerprint density at radius 2 is 2.21 bits per heavy atom. The molecule has 0 radical (unpaired) electrons. The van der Waals surface area contributed by atoms with Crippen molar-refractivity contribution in [2.45, 2.75) is 19.8 Å². The Labute approximate surface area is 82.6 Å². The zero-order valence-corrected chi connectivity index (χ0v) is 8.41. The van der Waals surface area contributed by atoms with E-state index in [0.29, 0.717) is 12.1 Å². The zero-order valence-electron chi connectivity index (χ0n) is 8.41. The zero-order chi connectivity index (χ0) is 10.6. The maximum atomic E-state index is 11.2. The summed E-state index contributed by atoms with van der Waals surface area (Å²) in [5.41, 5.74) is 0.573. The number of anilines is 1. The standard InChI is InChI=1S/C10H14N2O2/c1-3-4-9(13)11-8-5-6-10(14)12(2)7-8/h5-7H,3-4H2,1-2H3,(H,11,13). The molecule has 0 saturated carbocycles. The molecule has 1 N–H and O–H groups in total.